The van der Waals surface area contributed by atoms with Crippen LogP contribution in [-0.2, 0) is 0 Å². The minimum Gasteiger partial charge on any atom is -0.333 e. The van der Waals surface area contributed by atoms with Gasteiger partial charge in [-0.15, -0.1) is 11.3 Å². The largest absolute Gasteiger partial charge is 0.333 e. The van der Waals surface area contributed by atoms with E-state index in [1.165, 1.54) is 11.3 Å². The van der Waals surface area contributed by atoms with Crippen molar-refractivity contribution in [3.8, 4) is 10.6 Å². The van der Waals surface area contributed by atoms with Gasteiger partial charge in [0.15, 0.2) is 0 Å². The second kappa shape index (κ2) is 6.99. The molecular weight excluding hydrogens is 330 g/mol. The number of thiazole rings is 1. The molecule has 1 fully saturated rings. The van der Waals surface area contributed by atoms with Crippen LogP contribution in [0.2, 0.25) is 5.02 Å². The maximum Gasteiger partial charge on any atom is 0.273 e. The number of carbonyl (C=O) groups is 1. The van der Waals surface area contributed by atoms with Crippen LogP contribution in [0, 0.1) is 0 Å². The maximum atomic E-state index is 12.8. The van der Waals surface area contributed by atoms with Gasteiger partial charge in [-0.3, -0.25) is 4.79 Å². The molecule has 6 heteroatoms. The van der Waals surface area contributed by atoms with Crippen LogP contribution in [0.5, 0.6) is 0 Å². The molecule has 2 N–H and O–H groups in total. The van der Waals surface area contributed by atoms with Gasteiger partial charge in [0.25, 0.3) is 5.91 Å². The summed E-state index contributed by atoms with van der Waals surface area (Å²) in [5, 5.41) is 3.23. The van der Waals surface area contributed by atoms with Gasteiger partial charge in [0, 0.05) is 29.6 Å². The summed E-state index contributed by atoms with van der Waals surface area (Å²) < 4.78 is 0. The molecule has 23 heavy (non-hydrogen) atoms. The molecule has 1 aromatic carbocycles. The van der Waals surface area contributed by atoms with Gasteiger partial charge in [0.05, 0.1) is 5.02 Å². The summed E-state index contributed by atoms with van der Waals surface area (Å²) in [4.78, 5) is 19.2. The van der Waals surface area contributed by atoms with E-state index in [2.05, 4.69) is 4.98 Å². The van der Waals surface area contributed by atoms with Crippen LogP contribution < -0.4 is 5.73 Å². The molecule has 2 unspecified atom stereocenters. The van der Waals surface area contributed by atoms with Crippen LogP contribution in [0.3, 0.4) is 0 Å². The van der Waals surface area contributed by atoms with Crippen LogP contribution >= 0.6 is 22.9 Å². The number of nitrogens with two attached hydrogens (primary N) is 1. The normalized spacial score (nSPS) is 19.6. The number of nitrogens with zero attached hydrogens (tertiary/aromatic N) is 2. The Morgan fingerprint density at radius 3 is 2.96 bits per heavy atom. The molecule has 2 heterocycles. The predicted molar refractivity (Wildman–Crippen MR) is 94.9 cm³/mol. The number of halogens is 1. The molecule has 2 aromatic rings. The highest BCUT2D eigenvalue weighted by molar-refractivity contribution is 7.13. The molecular formula is C17H20ClN3OS. The van der Waals surface area contributed by atoms with Gasteiger partial charge < -0.3 is 10.6 Å². The van der Waals surface area contributed by atoms with Crippen molar-refractivity contribution in [1.29, 1.82) is 0 Å². The lowest BCUT2D eigenvalue weighted by Gasteiger charge is -2.37. The molecule has 0 bridgehead atoms. The Labute approximate surface area is 145 Å². The number of hydrogen-bond acceptors (Lipinski definition) is 4. The van der Waals surface area contributed by atoms with E-state index in [0.717, 1.165) is 36.4 Å². The summed E-state index contributed by atoms with van der Waals surface area (Å²) in [6, 6.07) is 7.62. The third kappa shape index (κ3) is 3.42. The van der Waals surface area contributed by atoms with Gasteiger partial charge in [-0.25, -0.2) is 4.98 Å². The lowest BCUT2D eigenvalue weighted by Crippen LogP contribution is -2.51. The minimum atomic E-state index is -0.0269. The Morgan fingerprint density at radius 2 is 2.22 bits per heavy atom. The first-order chi connectivity index (χ1) is 11.1. The van der Waals surface area contributed by atoms with E-state index in [9.17, 15) is 4.79 Å². The van der Waals surface area contributed by atoms with Crippen LogP contribution in [-0.4, -0.2) is 34.4 Å². The molecule has 1 amide bonds. The zero-order chi connectivity index (χ0) is 16.4. The highest BCUT2D eigenvalue weighted by Crippen LogP contribution is 2.31. The van der Waals surface area contributed by atoms with Gasteiger partial charge in [-0.1, -0.05) is 29.8 Å². The van der Waals surface area contributed by atoms with Crippen LogP contribution in [0.15, 0.2) is 29.6 Å². The first-order valence-electron chi connectivity index (χ1n) is 7.85. The van der Waals surface area contributed by atoms with Crippen molar-refractivity contribution in [2.75, 3.05) is 6.54 Å². The third-order valence-electron chi connectivity index (χ3n) is 4.24. The van der Waals surface area contributed by atoms with Gasteiger partial charge in [-0.05, 0) is 32.3 Å². The van der Waals surface area contributed by atoms with E-state index in [0.29, 0.717) is 10.7 Å². The highest BCUT2D eigenvalue weighted by Gasteiger charge is 2.31. The third-order valence-corrected chi connectivity index (χ3v) is 5.45. The van der Waals surface area contributed by atoms with E-state index in [-0.39, 0.29) is 18.0 Å². The zero-order valence-electron chi connectivity index (χ0n) is 13.0. The number of hydrogen-bond donors (Lipinski definition) is 1. The molecule has 1 aromatic heterocycles. The standard InChI is InChI=1S/C17H20ClN3OS/c1-11(19)15-8-4-5-9-21(15)17(22)14-10-23-16(20-14)12-6-2-3-7-13(12)18/h2-3,6-7,10-11,15H,4-5,8-9,19H2,1H3. The van der Waals surface area contributed by atoms with E-state index in [1.807, 2.05) is 41.5 Å². The molecule has 2 atom stereocenters. The average Bonchev–Trinajstić information content (AvgIpc) is 3.04. The number of benzene rings is 1. The van der Waals surface area contributed by atoms with Gasteiger partial charge >= 0.3 is 0 Å². The molecule has 0 saturated carbocycles. The monoisotopic (exact) mass is 349 g/mol. The fourth-order valence-electron chi connectivity index (χ4n) is 3.03. The SMILES string of the molecule is CC(N)C1CCCCN1C(=O)c1csc(-c2ccccc2Cl)n1. The fourth-order valence-corrected chi connectivity index (χ4v) is 4.15. The number of amides is 1. The summed E-state index contributed by atoms with van der Waals surface area (Å²) in [6.45, 7) is 2.72. The Morgan fingerprint density at radius 1 is 1.43 bits per heavy atom. The summed E-state index contributed by atoms with van der Waals surface area (Å²) in [7, 11) is 0. The number of carbonyl (C=O) groups excluding carboxylic acids is 1. The Balaban J connectivity index is 1.85. The number of piperidine rings is 1. The minimum absolute atomic E-state index is 0.0263. The van der Waals surface area contributed by atoms with Crippen LogP contribution in [0.1, 0.15) is 36.7 Å². The van der Waals surface area contributed by atoms with E-state index >= 15 is 0 Å². The van der Waals surface area contributed by atoms with Crippen LogP contribution in [0.4, 0.5) is 0 Å². The first-order valence-corrected chi connectivity index (χ1v) is 9.10. The number of aromatic nitrogens is 1. The molecule has 4 nitrogen and oxygen atoms in total. The van der Waals surface area contributed by atoms with E-state index in [4.69, 9.17) is 17.3 Å². The Bertz CT molecular complexity index is 701. The Hall–Kier alpha value is -1.43. The first kappa shape index (κ1) is 16.4. The smallest absolute Gasteiger partial charge is 0.273 e. The van der Waals surface area contributed by atoms with Gasteiger partial charge in [0.1, 0.15) is 10.7 Å². The average molecular weight is 350 g/mol. The van der Waals surface area contributed by atoms with Crippen molar-refractivity contribution in [1.82, 2.24) is 9.88 Å². The van der Waals surface area contributed by atoms with Crippen molar-refractivity contribution in [3.05, 3.63) is 40.4 Å². The summed E-state index contributed by atoms with van der Waals surface area (Å²) in [5.41, 5.74) is 7.41. The second-order valence-corrected chi connectivity index (χ2v) is 7.20. The van der Waals surface area contributed by atoms with Crippen molar-refractivity contribution >= 4 is 28.8 Å². The summed E-state index contributed by atoms with van der Waals surface area (Å²) >= 11 is 7.66. The molecule has 0 aliphatic carbocycles. The Kier molecular flexibility index (Phi) is 4.99. The zero-order valence-corrected chi connectivity index (χ0v) is 14.6. The van der Waals surface area contributed by atoms with Gasteiger partial charge in [-0.2, -0.15) is 0 Å². The van der Waals surface area contributed by atoms with Crippen molar-refractivity contribution in [3.63, 3.8) is 0 Å². The van der Waals surface area contributed by atoms with Crippen molar-refractivity contribution in [2.45, 2.75) is 38.3 Å². The predicted octanol–water partition coefficient (Wildman–Crippen LogP) is 3.81. The molecule has 0 spiro atoms. The molecule has 122 valence electrons. The lowest BCUT2D eigenvalue weighted by molar-refractivity contribution is 0.0578. The topological polar surface area (TPSA) is 59.2 Å². The molecule has 1 aliphatic heterocycles. The van der Waals surface area contributed by atoms with Crippen molar-refractivity contribution < 1.29 is 4.79 Å². The fraction of sp³-hybridized carbons (Fsp3) is 0.412. The quantitative estimate of drug-likeness (QED) is 0.916. The maximum absolute atomic E-state index is 12.8. The molecule has 0 radical (unpaired) electrons. The van der Waals surface area contributed by atoms with E-state index < -0.39 is 0 Å². The molecule has 1 aliphatic rings. The van der Waals surface area contributed by atoms with E-state index in [1.54, 1.807) is 0 Å². The number of likely N-dealkylation sites (tertiary alicyclic amines) is 1. The highest BCUT2D eigenvalue weighted by atomic mass is 35.5. The van der Waals surface area contributed by atoms with Gasteiger partial charge in [0.2, 0.25) is 0 Å². The lowest BCUT2D eigenvalue weighted by atomic mass is 9.96. The summed E-state index contributed by atoms with van der Waals surface area (Å²) in [5.74, 6) is -0.0263. The molecule has 3 rings (SSSR count). The van der Waals surface area contributed by atoms with Crippen molar-refractivity contribution in [2.24, 2.45) is 5.73 Å². The summed E-state index contributed by atoms with van der Waals surface area (Å²) in [6.07, 6.45) is 3.11. The molecule has 1 saturated heterocycles. The second-order valence-electron chi connectivity index (χ2n) is 5.94. The van der Waals surface area contributed by atoms with Crippen LogP contribution in [0.25, 0.3) is 10.6 Å². The number of rotatable bonds is 3.